The molecule has 0 aromatic rings. The monoisotopic (exact) mass is 332 g/mol. The highest BCUT2D eigenvalue weighted by molar-refractivity contribution is 5.87. The van der Waals surface area contributed by atoms with Crippen LogP contribution in [-0.4, -0.2) is 24.8 Å². The van der Waals surface area contributed by atoms with E-state index < -0.39 is 0 Å². The molecule has 0 N–H and O–H groups in total. The minimum Gasteiger partial charge on any atom is -0.347 e. The first-order chi connectivity index (χ1) is 11.5. The maximum absolute atomic E-state index is 12.7. The second-order valence-electron chi connectivity index (χ2n) is 9.82. The van der Waals surface area contributed by atoms with Crippen LogP contribution in [-0.2, 0) is 14.3 Å². The number of rotatable bonds is 0. The fourth-order valence-electron chi connectivity index (χ4n) is 7.78. The first kappa shape index (κ1) is 15.8. The van der Waals surface area contributed by atoms with Crippen LogP contribution in [0.15, 0.2) is 0 Å². The van der Waals surface area contributed by atoms with Gasteiger partial charge in [0, 0.05) is 24.2 Å². The summed E-state index contributed by atoms with van der Waals surface area (Å²) in [7, 11) is 0. The zero-order chi connectivity index (χ0) is 16.6. The zero-order valence-electron chi connectivity index (χ0n) is 15.3. The molecular formula is C21H32O3. The van der Waals surface area contributed by atoms with Gasteiger partial charge in [-0.05, 0) is 55.3 Å². The van der Waals surface area contributed by atoms with E-state index in [9.17, 15) is 4.79 Å². The number of hydrogen-bond donors (Lipinski definition) is 0. The van der Waals surface area contributed by atoms with E-state index in [0.717, 1.165) is 44.8 Å². The molecule has 5 aliphatic rings. The van der Waals surface area contributed by atoms with Crippen molar-refractivity contribution in [2.75, 3.05) is 13.2 Å². The third-order valence-corrected chi connectivity index (χ3v) is 9.09. The maximum atomic E-state index is 12.7. The fraction of sp³-hybridized carbons (Fsp3) is 0.952. The molecule has 1 heterocycles. The molecule has 134 valence electrons. The van der Waals surface area contributed by atoms with Crippen LogP contribution in [0.25, 0.3) is 0 Å². The lowest BCUT2D eigenvalue weighted by Crippen LogP contribution is -2.63. The van der Waals surface area contributed by atoms with Gasteiger partial charge in [-0.15, -0.1) is 0 Å². The Kier molecular flexibility index (Phi) is 3.34. The topological polar surface area (TPSA) is 35.5 Å². The Bertz CT molecular complexity index is 551. The Balaban J connectivity index is 1.60. The number of Topliss-reactive ketones (excluding diaryl/α,β-unsaturated/α-hetero) is 1. The van der Waals surface area contributed by atoms with Crippen LogP contribution in [0.5, 0.6) is 0 Å². The molecule has 0 amide bonds. The van der Waals surface area contributed by atoms with E-state index >= 15 is 0 Å². The quantitative estimate of drug-likeness (QED) is 0.662. The molecule has 0 radical (unpaired) electrons. The largest absolute Gasteiger partial charge is 0.347 e. The molecule has 24 heavy (non-hydrogen) atoms. The number of carbonyl (C=O) groups is 1. The molecule has 1 saturated heterocycles. The minimum absolute atomic E-state index is 0.110. The summed E-state index contributed by atoms with van der Waals surface area (Å²) in [6, 6.07) is 0. The van der Waals surface area contributed by atoms with E-state index in [1.807, 2.05) is 0 Å². The molecule has 6 atom stereocenters. The van der Waals surface area contributed by atoms with Crippen LogP contribution in [0, 0.1) is 34.5 Å². The van der Waals surface area contributed by atoms with Gasteiger partial charge in [-0.25, -0.2) is 0 Å². The molecule has 4 saturated carbocycles. The van der Waals surface area contributed by atoms with Crippen LogP contribution < -0.4 is 0 Å². The highest BCUT2D eigenvalue weighted by atomic mass is 16.7. The van der Waals surface area contributed by atoms with Crippen LogP contribution in [0.3, 0.4) is 0 Å². The van der Waals surface area contributed by atoms with Crippen molar-refractivity contribution in [3.63, 3.8) is 0 Å². The predicted molar refractivity (Wildman–Crippen MR) is 91.4 cm³/mol. The summed E-state index contributed by atoms with van der Waals surface area (Å²) >= 11 is 0. The van der Waals surface area contributed by atoms with Crippen molar-refractivity contribution < 1.29 is 14.3 Å². The zero-order valence-corrected chi connectivity index (χ0v) is 15.3. The van der Waals surface area contributed by atoms with Gasteiger partial charge in [-0.1, -0.05) is 26.7 Å². The highest BCUT2D eigenvalue weighted by Gasteiger charge is 2.68. The number of fused-ring (bicyclic) bond motifs is 6. The Morgan fingerprint density at radius 3 is 2.54 bits per heavy atom. The Labute approximate surface area is 145 Å². The van der Waals surface area contributed by atoms with Crippen molar-refractivity contribution in [1.82, 2.24) is 0 Å². The standard InChI is InChI=1S/C21H32O3/c1-19-9-4-3-5-14(19)13-21(23-11-12-24-21)18-15-6-7-17(22)20(15,2)10-8-16(18)19/h14-16,18H,3-13H2,1-2H3/t14-,15+,16+,18+,19+,20+/m1/s1. The maximum Gasteiger partial charge on any atom is 0.172 e. The Morgan fingerprint density at radius 2 is 1.75 bits per heavy atom. The van der Waals surface area contributed by atoms with Gasteiger partial charge in [0.25, 0.3) is 0 Å². The molecule has 1 spiro atoms. The van der Waals surface area contributed by atoms with Crippen molar-refractivity contribution >= 4 is 5.78 Å². The van der Waals surface area contributed by atoms with Crippen LogP contribution in [0.2, 0.25) is 0 Å². The first-order valence-corrected chi connectivity index (χ1v) is 10.3. The van der Waals surface area contributed by atoms with Gasteiger partial charge in [-0.3, -0.25) is 4.79 Å². The predicted octanol–water partition coefficient (Wildman–Crippen LogP) is 4.34. The number of ether oxygens (including phenoxy) is 2. The molecule has 5 fully saturated rings. The van der Waals surface area contributed by atoms with Crippen molar-refractivity contribution in [1.29, 1.82) is 0 Å². The molecule has 3 heteroatoms. The average molecular weight is 332 g/mol. The first-order valence-electron chi connectivity index (χ1n) is 10.3. The minimum atomic E-state index is -0.372. The van der Waals surface area contributed by atoms with E-state index in [2.05, 4.69) is 13.8 Å². The lowest BCUT2D eigenvalue weighted by molar-refractivity contribution is -0.294. The van der Waals surface area contributed by atoms with E-state index in [1.165, 1.54) is 32.1 Å². The molecular weight excluding hydrogens is 300 g/mol. The summed E-state index contributed by atoms with van der Waals surface area (Å²) in [6.45, 7) is 6.30. The molecule has 0 bridgehead atoms. The second-order valence-corrected chi connectivity index (χ2v) is 9.82. The van der Waals surface area contributed by atoms with E-state index in [4.69, 9.17) is 9.47 Å². The van der Waals surface area contributed by atoms with Crippen molar-refractivity contribution in [3.8, 4) is 0 Å². The summed E-state index contributed by atoms with van der Waals surface area (Å²) in [6.07, 6.45) is 10.7. The Hall–Kier alpha value is -0.410. The summed E-state index contributed by atoms with van der Waals surface area (Å²) in [5, 5.41) is 0. The van der Waals surface area contributed by atoms with E-state index in [1.54, 1.807) is 0 Å². The van der Waals surface area contributed by atoms with Gasteiger partial charge in [-0.2, -0.15) is 0 Å². The van der Waals surface area contributed by atoms with Gasteiger partial charge in [0.1, 0.15) is 5.78 Å². The van der Waals surface area contributed by atoms with Crippen LogP contribution in [0.4, 0.5) is 0 Å². The van der Waals surface area contributed by atoms with Gasteiger partial charge in [0.15, 0.2) is 5.79 Å². The normalized spacial score (nSPS) is 52.8. The van der Waals surface area contributed by atoms with E-state index in [-0.39, 0.29) is 11.2 Å². The third-order valence-electron chi connectivity index (χ3n) is 9.09. The fourth-order valence-corrected chi connectivity index (χ4v) is 7.78. The summed E-state index contributed by atoms with van der Waals surface area (Å²) in [5.41, 5.74) is 0.331. The molecule has 0 unspecified atom stereocenters. The third kappa shape index (κ3) is 1.84. The summed E-state index contributed by atoms with van der Waals surface area (Å²) < 4.78 is 12.8. The number of carbonyl (C=O) groups excluding carboxylic acids is 1. The molecule has 1 aliphatic heterocycles. The molecule has 3 nitrogen and oxygen atoms in total. The van der Waals surface area contributed by atoms with Crippen molar-refractivity contribution in [3.05, 3.63) is 0 Å². The van der Waals surface area contributed by atoms with Gasteiger partial charge in [0.05, 0.1) is 13.2 Å². The smallest absolute Gasteiger partial charge is 0.172 e. The lowest BCUT2D eigenvalue weighted by Gasteiger charge is -2.64. The van der Waals surface area contributed by atoms with Crippen molar-refractivity contribution in [2.24, 2.45) is 34.5 Å². The molecule has 4 aliphatic carbocycles. The summed E-state index contributed by atoms with van der Waals surface area (Å²) in [4.78, 5) is 12.7. The van der Waals surface area contributed by atoms with Gasteiger partial charge < -0.3 is 9.47 Å². The highest BCUT2D eigenvalue weighted by Crippen LogP contribution is 2.68. The Morgan fingerprint density at radius 1 is 0.958 bits per heavy atom. The number of hydrogen-bond acceptors (Lipinski definition) is 3. The molecule has 0 aromatic carbocycles. The molecule has 5 rings (SSSR count). The van der Waals surface area contributed by atoms with Crippen LogP contribution in [0.1, 0.15) is 71.6 Å². The number of ketones is 1. The van der Waals surface area contributed by atoms with Gasteiger partial charge >= 0.3 is 0 Å². The van der Waals surface area contributed by atoms with E-state index in [0.29, 0.717) is 29.0 Å². The molecule has 0 aromatic heterocycles. The van der Waals surface area contributed by atoms with Crippen molar-refractivity contribution in [2.45, 2.75) is 77.4 Å². The SMILES string of the molecule is C[C@]12CCCC[C@@H]1CC1(OCCO1)[C@@H]1[C@@H]2CC[C@]2(C)C(=O)CC[C@@H]12. The van der Waals surface area contributed by atoms with Gasteiger partial charge in [0.2, 0.25) is 0 Å². The second kappa shape index (κ2) is 5.07. The summed E-state index contributed by atoms with van der Waals surface area (Å²) in [5.74, 6) is 2.47. The average Bonchev–Trinajstić information content (AvgIpc) is 3.14. The lowest BCUT2D eigenvalue weighted by atomic mass is 9.44. The van der Waals surface area contributed by atoms with Crippen LogP contribution >= 0.6 is 0 Å².